The monoisotopic (exact) mass is 186 g/mol. The Balaban J connectivity index is 3.22. The zero-order chi connectivity index (χ0) is 10.3. The highest BCUT2D eigenvalue weighted by molar-refractivity contribution is 4.59. The van der Waals surface area contributed by atoms with Gasteiger partial charge in [-0.3, -0.25) is 0 Å². The first kappa shape index (κ1) is 13.0. The molecule has 0 aliphatic heterocycles. The van der Waals surface area contributed by atoms with Crippen LogP contribution in [0.2, 0.25) is 0 Å². The Bertz CT molecular complexity index is 108. The fourth-order valence-corrected chi connectivity index (χ4v) is 1.59. The van der Waals surface area contributed by atoms with Gasteiger partial charge in [0.1, 0.15) is 0 Å². The average molecular weight is 186 g/mol. The molecule has 0 rings (SSSR count). The van der Waals surface area contributed by atoms with Crippen LogP contribution >= 0.6 is 0 Å². The van der Waals surface area contributed by atoms with Gasteiger partial charge in [0.2, 0.25) is 0 Å². The summed E-state index contributed by atoms with van der Waals surface area (Å²) in [6.45, 7) is 8.84. The third kappa shape index (κ3) is 9.88. The summed E-state index contributed by atoms with van der Waals surface area (Å²) in [5, 5.41) is 9.58. The largest absolute Gasteiger partial charge is 0.393 e. The summed E-state index contributed by atoms with van der Waals surface area (Å²) in [6.07, 6.45) is 5.65. The first-order valence-corrected chi connectivity index (χ1v) is 5.70. The SMILES string of the molecule is CC(C)CCCCC(O)CC(C)C. The van der Waals surface area contributed by atoms with E-state index in [2.05, 4.69) is 27.7 Å². The highest BCUT2D eigenvalue weighted by atomic mass is 16.3. The van der Waals surface area contributed by atoms with Crippen molar-refractivity contribution >= 4 is 0 Å². The second-order valence-corrected chi connectivity index (χ2v) is 4.96. The van der Waals surface area contributed by atoms with Crippen molar-refractivity contribution in [2.75, 3.05) is 0 Å². The summed E-state index contributed by atoms with van der Waals surface area (Å²) < 4.78 is 0. The Morgan fingerprint density at radius 1 is 0.846 bits per heavy atom. The van der Waals surface area contributed by atoms with Crippen molar-refractivity contribution in [3.63, 3.8) is 0 Å². The van der Waals surface area contributed by atoms with E-state index in [1.807, 2.05) is 0 Å². The van der Waals surface area contributed by atoms with E-state index < -0.39 is 0 Å². The van der Waals surface area contributed by atoms with E-state index in [9.17, 15) is 5.11 Å². The normalized spacial score (nSPS) is 14.1. The number of hydrogen-bond donors (Lipinski definition) is 1. The number of unbranched alkanes of at least 4 members (excludes halogenated alkanes) is 1. The topological polar surface area (TPSA) is 20.2 Å². The van der Waals surface area contributed by atoms with Crippen LogP contribution in [-0.2, 0) is 0 Å². The lowest BCUT2D eigenvalue weighted by atomic mass is 9.99. The molecule has 1 atom stereocenters. The molecule has 0 heterocycles. The molecule has 1 unspecified atom stereocenters. The van der Waals surface area contributed by atoms with Crippen LogP contribution in [0.5, 0.6) is 0 Å². The molecule has 0 fully saturated rings. The summed E-state index contributed by atoms with van der Waals surface area (Å²) in [6, 6.07) is 0. The lowest BCUT2D eigenvalue weighted by Crippen LogP contribution is -2.09. The van der Waals surface area contributed by atoms with Crippen LogP contribution in [0, 0.1) is 11.8 Å². The number of aliphatic hydroxyl groups is 1. The standard InChI is InChI=1S/C12H26O/c1-10(2)7-5-6-8-12(13)9-11(3)4/h10-13H,5-9H2,1-4H3. The van der Waals surface area contributed by atoms with Crippen molar-refractivity contribution in [3.8, 4) is 0 Å². The molecule has 0 amide bonds. The molecular weight excluding hydrogens is 160 g/mol. The van der Waals surface area contributed by atoms with E-state index in [1.54, 1.807) is 0 Å². The second kappa shape index (κ2) is 7.37. The van der Waals surface area contributed by atoms with Gasteiger partial charge < -0.3 is 5.11 Å². The van der Waals surface area contributed by atoms with E-state index >= 15 is 0 Å². The van der Waals surface area contributed by atoms with Gasteiger partial charge in [0.05, 0.1) is 6.10 Å². The van der Waals surface area contributed by atoms with Crippen molar-refractivity contribution in [1.29, 1.82) is 0 Å². The fraction of sp³-hybridized carbons (Fsp3) is 1.00. The summed E-state index contributed by atoms with van der Waals surface area (Å²) in [5.74, 6) is 1.43. The summed E-state index contributed by atoms with van der Waals surface area (Å²) >= 11 is 0. The second-order valence-electron chi connectivity index (χ2n) is 4.96. The molecular formula is C12H26O. The Morgan fingerprint density at radius 3 is 1.85 bits per heavy atom. The van der Waals surface area contributed by atoms with Crippen LogP contribution in [0.25, 0.3) is 0 Å². The van der Waals surface area contributed by atoms with Crippen LogP contribution in [0.15, 0.2) is 0 Å². The minimum atomic E-state index is -0.0628. The lowest BCUT2D eigenvalue weighted by molar-refractivity contribution is 0.135. The molecule has 1 N–H and O–H groups in total. The molecule has 0 spiro atoms. The Labute approximate surface area is 83.5 Å². The van der Waals surface area contributed by atoms with Gasteiger partial charge >= 0.3 is 0 Å². The van der Waals surface area contributed by atoms with Crippen molar-refractivity contribution in [1.82, 2.24) is 0 Å². The molecule has 0 aromatic heterocycles. The molecule has 1 nitrogen and oxygen atoms in total. The molecule has 0 saturated carbocycles. The van der Waals surface area contributed by atoms with Gasteiger partial charge in [0.25, 0.3) is 0 Å². The summed E-state index contributed by atoms with van der Waals surface area (Å²) in [4.78, 5) is 0. The van der Waals surface area contributed by atoms with Gasteiger partial charge in [-0.05, 0) is 24.7 Å². The van der Waals surface area contributed by atoms with Gasteiger partial charge in [-0.2, -0.15) is 0 Å². The molecule has 13 heavy (non-hydrogen) atoms. The van der Waals surface area contributed by atoms with Crippen molar-refractivity contribution < 1.29 is 5.11 Å². The maximum absolute atomic E-state index is 9.58. The Morgan fingerprint density at radius 2 is 1.38 bits per heavy atom. The highest BCUT2D eigenvalue weighted by Crippen LogP contribution is 2.13. The van der Waals surface area contributed by atoms with Crippen molar-refractivity contribution in [3.05, 3.63) is 0 Å². The molecule has 1 heteroatoms. The van der Waals surface area contributed by atoms with E-state index in [0.717, 1.165) is 18.8 Å². The average Bonchev–Trinajstić information content (AvgIpc) is 1.96. The van der Waals surface area contributed by atoms with Crippen molar-refractivity contribution in [2.45, 2.75) is 65.9 Å². The highest BCUT2D eigenvalue weighted by Gasteiger charge is 2.06. The fourth-order valence-electron chi connectivity index (χ4n) is 1.59. The first-order chi connectivity index (χ1) is 6.02. The quantitative estimate of drug-likeness (QED) is 0.602. The van der Waals surface area contributed by atoms with Crippen LogP contribution in [0.3, 0.4) is 0 Å². The molecule has 0 aromatic carbocycles. The Hall–Kier alpha value is -0.0400. The van der Waals surface area contributed by atoms with Crippen LogP contribution in [-0.4, -0.2) is 11.2 Å². The Kier molecular flexibility index (Phi) is 7.35. The van der Waals surface area contributed by atoms with E-state index in [4.69, 9.17) is 0 Å². The molecule has 0 bridgehead atoms. The van der Waals surface area contributed by atoms with Gasteiger partial charge in [-0.1, -0.05) is 47.0 Å². The van der Waals surface area contributed by atoms with Gasteiger partial charge in [-0.25, -0.2) is 0 Å². The third-order valence-electron chi connectivity index (χ3n) is 2.31. The maximum atomic E-state index is 9.58. The predicted molar refractivity (Wildman–Crippen MR) is 58.8 cm³/mol. The summed E-state index contributed by atoms with van der Waals surface area (Å²) in [7, 11) is 0. The predicted octanol–water partition coefficient (Wildman–Crippen LogP) is 3.61. The minimum absolute atomic E-state index is 0.0628. The molecule has 0 aromatic rings. The molecule has 80 valence electrons. The van der Waals surface area contributed by atoms with Crippen LogP contribution in [0.4, 0.5) is 0 Å². The smallest absolute Gasteiger partial charge is 0.0542 e. The van der Waals surface area contributed by atoms with E-state index in [-0.39, 0.29) is 6.10 Å². The lowest BCUT2D eigenvalue weighted by Gasteiger charge is -2.12. The number of hydrogen-bond acceptors (Lipinski definition) is 1. The summed E-state index contributed by atoms with van der Waals surface area (Å²) in [5.41, 5.74) is 0. The molecule has 0 saturated heterocycles. The third-order valence-corrected chi connectivity index (χ3v) is 2.31. The first-order valence-electron chi connectivity index (χ1n) is 5.70. The van der Waals surface area contributed by atoms with Crippen molar-refractivity contribution in [2.24, 2.45) is 11.8 Å². The molecule has 0 radical (unpaired) electrons. The zero-order valence-electron chi connectivity index (χ0n) is 9.71. The maximum Gasteiger partial charge on any atom is 0.0542 e. The van der Waals surface area contributed by atoms with Crippen LogP contribution < -0.4 is 0 Å². The molecule has 0 aliphatic rings. The number of aliphatic hydroxyl groups excluding tert-OH is 1. The van der Waals surface area contributed by atoms with Gasteiger partial charge in [0.15, 0.2) is 0 Å². The van der Waals surface area contributed by atoms with E-state index in [1.165, 1.54) is 19.3 Å². The van der Waals surface area contributed by atoms with Gasteiger partial charge in [-0.15, -0.1) is 0 Å². The van der Waals surface area contributed by atoms with E-state index in [0.29, 0.717) is 5.92 Å². The minimum Gasteiger partial charge on any atom is -0.393 e. The van der Waals surface area contributed by atoms with Gasteiger partial charge in [0, 0.05) is 0 Å². The molecule has 0 aliphatic carbocycles. The number of rotatable bonds is 7. The zero-order valence-corrected chi connectivity index (χ0v) is 9.71. The van der Waals surface area contributed by atoms with Crippen LogP contribution in [0.1, 0.15) is 59.8 Å².